The molecule has 0 amide bonds. The Hall–Kier alpha value is -1.13. The van der Waals surface area contributed by atoms with Gasteiger partial charge in [-0.05, 0) is 44.4 Å². The first-order valence-electron chi connectivity index (χ1n) is 7.85. The minimum Gasteiger partial charge on any atom is -0.496 e. The monoisotopic (exact) mass is 295 g/mol. The van der Waals surface area contributed by atoms with Crippen LogP contribution in [0.5, 0.6) is 5.75 Å². The van der Waals surface area contributed by atoms with E-state index in [4.69, 9.17) is 9.47 Å². The quantitative estimate of drug-likeness (QED) is 0.865. The summed E-state index contributed by atoms with van der Waals surface area (Å²) in [4.78, 5) is 0. The van der Waals surface area contributed by atoms with Gasteiger partial charge in [0.2, 0.25) is 0 Å². The van der Waals surface area contributed by atoms with Gasteiger partial charge in [-0.15, -0.1) is 0 Å². The van der Waals surface area contributed by atoms with E-state index in [1.54, 1.807) is 19.2 Å². The molecule has 0 spiro atoms. The molecule has 0 bridgehead atoms. The molecule has 118 valence electrons. The highest BCUT2D eigenvalue weighted by molar-refractivity contribution is 5.36. The molecule has 1 aliphatic rings. The fourth-order valence-electron chi connectivity index (χ4n) is 3.04. The molecule has 1 aromatic rings. The van der Waals surface area contributed by atoms with E-state index in [0.29, 0.717) is 12.1 Å². The van der Waals surface area contributed by atoms with Crippen molar-refractivity contribution in [2.24, 2.45) is 0 Å². The largest absolute Gasteiger partial charge is 0.496 e. The van der Waals surface area contributed by atoms with Crippen molar-refractivity contribution in [3.63, 3.8) is 0 Å². The second kappa shape index (κ2) is 7.76. The average Bonchev–Trinajstić information content (AvgIpc) is 2.48. The van der Waals surface area contributed by atoms with Crippen molar-refractivity contribution < 1.29 is 13.9 Å². The maximum atomic E-state index is 13.5. The molecule has 1 fully saturated rings. The summed E-state index contributed by atoms with van der Waals surface area (Å²) in [7, 11) is 1.62. The third-order valence-corrected chi connectivity index (χ3v) is 4.12. The number of halogens is 1. The fraction of sp³-hybridized carbons (Fsp3) is 0.647. The van der Waals surface area contributed by atoms with Crippen LogP contribution in [-0.2, 0) is 4.74 Å². The molecule has 1 heterocycles. The van der Waals surface area contributed by atoms with Crippen molar-refractivity contribution in [1.82, 2.24) is 5.32 Å². The Bertz CT molecular complexity index is 450. The van der Waals surface area contributed by atoms with Gasteiger partial charge in [0.25, 0.3) is 0 Å². The maximum Gasteiger partial charge on any atom is 0.123 e. The van der Waals surface area contributed by atoms with Crippen LogP contribution < -0.4 is 10.1 Å². The highest BCUT2D eigenvalue weighted by Crippen LogP contribution is 2.28. The van der Waals surface area contributed by atoms with Crippen molar-refractivity contribution in [1.29, 1.82) is 0 Å². The van der Waals surface area contributed by atoms with E-state index >= 15 is 0 Å². The lowest BCUT2D eigenvalue weighted by molar-refractivity contribution is -0.00476. The van der Waals surface area contributed by atoms with Crippen LogP contribution >= 0.6 is 0 Å². The van der Waals surface area contributed by atoms with Crippen LogP contribution in [0.1, 0.15) is 51.1 Å². The van der Waals surface area contributed by atoms with Crippen LogP contribution in [-0.4, -0.2) is 25.9 Å². The van der Waals surface area contributed by atoms with E-state index in [0.717, 1.165) is 43.6 Å². The van der Waals surface area contributed by atoms with Gasteiger partial charge in [0.15, 0.2) is 0 Å². The Morgan fingerprint density at radius 3 is 3.00 bits per heavy atom. The van der Waals surface area contributed by atoms with E-state index in [-0.39, 0.29) is 11.9 Å². The SMILES string of the molecule is CCCC1CC(NC(C)c2cc(F)ccc2OC)CCO1. The molecule has 3 nitrogen and oxygen atoms in total. The zero-order valence-electron chi connectivity index (χ0n) is 13.2. The number of rotatable bonds is 6. The molecule has 4 heteroatoms. The smallest absolute Gasteiger partial charge is 0.123 e. The van der Waals surface area contributed by atoms with Gasteiger partial charge in [-0.3, -0.25) is 0 Å². The highest BCUT2D eigenvalue weighted by Gasteiger charge is 2.24. The number of benzene rings is 1. The van der Waals surface area contributed by atoms with Gasteiger partial charge in [0.1, 0.15) is 11.6 Å². The normalized spacial score (nSPS) is 23.8. The molecule has 3 unspecified atom stereocenters. The van der Waals surface area contributed by atoms with Crippen LogP contribution in [0.15, 0.2) is 18.2 Å². The van der Waals surface area contributed by atoms with Gasteiger partial charge in [-0.2, -0.15) is 0 Å². The zero-order chi connectivity index (χ0) is 15.2. The molecule has 0 saturated carbocycles. The van der Waals surface area contributed by atoms with Crippen molar-refractivity contribution in [2.45, 2.75) is 57.7 Å². The summed E-state index contributed by atoms with van der Waals surface area (Å²) in [5.74, 6) is 0.504. The molecule has 0 radical (unpaired) electrons. The summed E-state index contributed by atoms with van der Waals surface area (Å²) < 4.78 is 24.6. The predicted octanol–water partition coefficient (Wildman–Crippen LogP) is 3.83. The van der Waals surface area contributed by atoms with Gasteiger partial charge in [0, 0.05) is 24.3 Å². The summed E-state index contributed by atoms with van der Waals surface area (Å²) in [6, 6.07) is 5.15. The number of hydrogen-bond acceptors (Lipinski definition) is 3. The van der Waals surface area contributed by atoms with E-state index < -0.39 is 0 Å². The summed E-state index contributed by atoms with van der Waals surface area (Å²) >= 11 is 0. The van der Waals surface area contributed by atoms with Crippen LogP contribution in [0.25, 0.3) is 0 Å². The minimum atomic E-state index is -0.227. The molecule has 21 heavy (non-hydrogen) atoms. The zero-order valence-corrected chi connectivity index (χ0v) is 13.2. The Morgan fingerprint density at radius 1 is 1.48 bits per heavy atom. The van der Waals surface area contributed by atoms with Gasteiger partial charge in [0.05, 0.1) is 13.2 Å². The lowest BCUT2D eigenvalue weighted by Crippen LogP contribution is -2.40. The number of hydrogen-bond donors (Lipinski definition) is 1. The summed E-state index contributed by atoms with van der Waals surface area (Å²) in [6.45, 7) is 5.04. The minimum absolute atomic E-state index is 0.0565. The first-order chi connectivity index (χ1) is 10.1. The van der Waals surface area contributed by atoms with Gasteiger partial charge in [-0.25, -0.2) is 4.39 Å². The molecular weight excluding hydrogens is 269 g/mol. The number of ether oxygens (including phenoxy) is 2. The van der Waals surface area contributed by atoms with E-state index in [2.05, 4.69) is 19.2 Å². The molecule has 1 aliphatic heterocycles. The van der Waals surface area contributed by atoms with Crippen LogP contribution in [0, 0.1) is 5.82 Å². The van der Waals surface area contributed by atoms with Crippen molar-refractivity contribution in [2.75, 3.05) is 13.7 Å². The first kappa shape index (κ1) is 16.2. The lowest BCUT2D eigenvalue weighted by atomic mass is 9.98. The topological polar surface area (TPSA) is 30.5 Å². The summed E-state index contributed by atoms with van der Waals surface area (Å²) in [6.07, 6.45) is 4.63. The van der Waals surface area contributed by atoms with Crippen molar-refractivity contribution >= 4 is 0 Å². The molecule has 0 aliphatic carbocycles. The van der Waals surface area contributed by atoms with Crippen LogP contribution in [0.2, 0.25) is 0 Å². The van der Waals surface area contributed by atoms with E-state index in [1.807, 2.05) is 0 Å². The molecule has 0 aromatic heterocycles. The Morgan fingerprint density at radius 2 is 2.29 bits per heavy atom. The van der Waals surface area contributed by atoms with Gasteiger partial charge >= 0.3 is 0 Å². The predicted molar refractivity (Wildman–Crippen MR) is 82.2 cm³/mol. The Balaban J connectivity index is 2.00. The molecule has 3 atom stereocenters. The summed E-state index contributed by atoms with van der Waals surface area (Å²) in [5.41, 5.74) is 0.871. The highest BCUT2D eigenvalue weighted by atomic mass is 19.1. The molecular formula is C17H26FNO2. The Labute approximate surface area is 126 Å². The second-order valence-corrected chi connectivity index (χ2v) is 5.78. The average molecular weight is 295 g/mol. The number of methoxy groups -OCH3 is 1. The van der Waals surface area contributed by atoms with Gasteiger partial charge in [-0.1, -0.05) is 13.3 Å². The molecule has 1 N–H and O–H groups in total. The van der Waals surface area contributed by atoms with E-state index in [1.165, 1.54) is 6.07 Å². The third kappa shape index (κ3) is 4.42. The maximum absolute atomic E-state index is 13.5. The molecule has 1 aromatic carbocycles. The number of nitrogens with one attached hydrogen (secondary N) is 1. The molecule has 2 rings (SSSR count). The third-order valence-electron chi connectivity index (χ3n) is 4.12. The Kier molecular flexibility index (Phi) is 6.00. The summed E-state index contributed by atoms with van der Waals surface area (Å²) in [5, 5.41) is 3.60. The molecule has 1 saturated heterocycles. The fourth-order valence-corrected chi connectivity index (χ4v) is 3.04. The first-order valence-corrected chi connectivity index (χ1v) is 7.85. The van der Waals surface area contributed by atoms with Crippen molar-refractivity contribution in [3.8, 4) is 5.75 Å². The second-order valence-electron chi connectivity index (χ2n) is 5.78. The van der Waals surface area contributed by atoms with Crippen LogP contribution in [0.4, 0.5) is 4.39 Å². The lowest BCUT2D eigenvalue weighted by Gasteiger charge is -2.32. The van der Waals surface area contributed by atoms with Gasteiger partial charge < -0.3 is 14.8 Å². The van der Waals surface area contributed by atoms with E-state index in [9.17, 15) is 4.39 Å². The van der Waals surface area contributed by atoms with Crippen LogP contribution in [0.3, 0.4) is 0 Å². The van der Waals surface area contributed by atoms with Crippen molar-refractivity contribution in [3.05, 3.63) is 29.6 Å². The standard InChI is InChI=1S/C17H26FNO2/c1-4-5-15-11-14(8-9-21-15)19-12(2)16-10-13(18)6-7-17(16)20-3/h6-7,10,12,14-15,19H,4-5,8-9,11H2,1-3H3.